The molecule has 0 saturated heterocycles. The van der Waals surface area contributed by atoms with Gasteiger partial charge in [0.2, 0.25) is 0 Å². The quantitative estimate of drug-likeness (QED) is 0.673. The molecule has 0 fully saturated rings. The molecule has 0 unspecified atom stereocenters. The zero-order chi connectivity index (χ0) is 12.4. The zero-order valence-corrected chi connectivity index (χ0v) is 11.3. The van der Waals surface area contributed by atoms with Gasteiger partial charge in [-0.3, -0.25) is 0 Å². The van der Waals surface area contributed by atoms with Gasteiger partial charge in [-0.25, -0.2) is 9.78 Å². The number of halogens is 1. The molecule has 0 aliphatic heterocycles. The molecular weight excluding hydrogens is 333 g/mol. The second kappa shape index (κ2) is 4.87. The summed E-state index contributed by atoms with van der Waals surface area (Å²) in [5.74, 6) is -0.447. The van der Waals surface area contributed by atoms with Crippen LogP contribution in [0.1, 0.15) is 17.4 Å². The first-order chi connectivity index (χ1) is 8.15. The van der Waals surface area contributed by atoms with Gasteiger partial charge in [-0.1, -0.05) is 12.1 Å². The predicted octanol–water partition coefficient (Wildman–Crippen LogP) is 2.72. The van der Waals surface area contributed by atoms with Crippen LogP contribution in [0.15, 0.2) is 24.3 Å². The molecule has 0 radical (unpaired) electrons. The Labute approximate surface area is 112 Å². The van der Waals surface area contributed by atoms with Gasteiger partial charge in [0.25, 0.3) is 0 Å². The Kier molecular flexibility index (Phi) is 3.46. The van der Waals surface area contributed by atoms with Crippen LogP contribution in [0.5, 0.6) is 5.75 Å². The highest BCUT2D eigenvalue weighted by Gasteiger charge is 2.18. The van der Waals surface area contributed by atoms with Gasteiger partial charge in [0.05, 0.1) is 15.7 Å². The number of rotatable bonds is 2. The van der Waals surface area contributed by atoms with E-state index in [1.165, 1.54) is 0 Å². The van der Waals surface area contributed by atoms with E-state index >= 15 is 0 Å². The summed E-state index contributed by atoms with van der Waals surface area (Å²) in [4.78, 5) is 15.9. The number of aromatic hydroxyl groups is 1. The van der Waals surface area contributed by atoms with Gasteiger partial charge in [-0.05, 0) is 41.6 Å². The lowest BCUT2D eigenvalue weighted by Gasteiger charge is -2.08. The molecule has 88 valence electrons. The van der Waals surface area contributed by atoms with Crippen molar-refractivity contribution in [1.82, 2.24) is 4.98 Å². The highest BCUT2D eigenvalue weighted by molar-refractivity contribution is 14.1. The molecule has 0 saturated carbocycles. The third-order valence-corrected chi connectivity index (χ3v) is 3.30. The minimum Gasteiger partial charge on any atom is -0.506 e. The number of aromatic nitrogens is 1. The molecule has 1 aromatic heterocycles. The molecule has 0 atom stereocenters. The topological polar surface area (TPSA) is 59.4 Å². The molecule has 1 heterocycles. The van der Waals surface area contributed by atoms with Crippen LogP contribution in [-0.2, 0) is 4.74 Å². The van der Waals surface area contributed by atoms with Crippen LogP contribution in [0.3, 0.4) is 0 Å². The first-order valence-corrected chi connectivity index (χ1v) is 6.17. The van der Waals surface area contributed by atoms with Crippen LogP contribution in [0.4, 0.5) is 0 Å². The minimum atomic E-state index is -0.516. The number of pyridine rings is 1. The molecule has 17 heavy (non-hydrogen) atoms. The van der Waals surface area contributed by atoms with E-state index < -0.39 is 5.97 Å². The normalized spacial score (nSPS) is 10.5. The highest BCUT2D eigenvalue weighted by Crippen LogP contribution is 2.30. The number of hydrogen-bond acceptors (Lipinski definition) is 4. The maximum atomic E-state index is 11.7. The summed E-state index contributed by atoms with van der Waals surface area (Å²) >= 11 is 1.89. The number of carbonyl (C=O) groups excluding carboxylic acids is 1. The monoisotopic (exact) mass is 343 g/mol. The van der Waals surface area contributed by atoms with Gasteiger partial charge in [0.15, 0.2) is 5.69 Å². The lowest BCUT2D eigenvalue weighted by molar-refractivity contribution is 0.0518. The van der Waals surface area contributed by atoms with Crippen molar-refractivity contribution >= 4 is 39.5 Å². The van der Waals surface area contributed by atoms with E-state index in [1.807, 2.05) is 28.7 Å². The maximum Gasteiger partial charge on any atom is 0.358 e. The molecule has 0 bridgehead atoms. The van der Waals surface area contributed by atoms with E-state index in [2.05, 4.69) is 4.98 Å². The van der Waals surface area contributed by atoms with E-state index in [9.17, 15) is 9.90 Å². The average Bonchev–Trinajstić information content (AvgIpc) is 2.34. The van der Waals surface area contributed by atoms with Gasteiger partial charge >= 0.3 is 5.97 Å². The van der Waals surface area contributed by atoms with Crippen molar-refractivity contribution in [2.45, 2.75) is 6.92 Å². The first kappa shape index (κ1) is 12.1. The van der Waals surface area contributed by atoms with E-state index in [1.54, 1.807) is 25.1 Å². The van der Waals surface area contributed by atoms with Crippen LogP contribution in [0.2, 0.25) is 0 Å². The van der Waals surface area contributed by atoms with Gasteiger partial charge in [0, 0.05) is 5.39 Å². The Bertz CT molecular complexity index is 583. The number of benzene rings is 1. The van der Waals surface area contributed by atoms with Crippen LogP contribution in [-0.4, -0.2) is 22.7 Å². The summed E-state index contributed by atoms with van der Waals surface area (Å²) in [7, 11) is 0. The standard InChI is InChI=1S/C12H10INO3/c1-2-17-12(16)10-9(13)11(15)7-5-3-4-6-8(7)14-10/h3-6H,2H2,1H3,(H,14,15). The van der Waals surface area contributed by atoms with Crippen molar-refractivity contribution in [3.63, 3.8) is 0 Å². The van der Waals surface area contributed by atoms with Crippen molar-refractivity contribution in [2.75, 3.05) is 6.61 Å². The highest BCUT2D eigenvalue weighted by atomic mass is 127. The van der Waals surface area contributed by atoms with Crippen LogP contribution in [0, 0.1) is 3.57 Å². The third kappa shape index (κ3) is 2.19. The molecule has 0 aliphatic carbocycles. The SMILES string of the molecule is CCOC(=O)c1nc2ccccc2c(O)c1I. The van der Waals surface area contributed by atoms with Gasteiger partial charge in [0.1, 0.15) is 5.75 Å². The molecule has 0 amide bonds. The van der Waals surface area contributed by atoms with E-state index in [4.69, 9.17) is 4.74 Å². The number of esters is 1. The van der Waals surface area contributed by atoms with E-state index in [0.717, 1.165) is 0 Å². The Balaban J connectivity index is 2.65. The van der Waals surface area contributed by atoms with Crippen LogP contribution in [0.25, 0.3) is 10.9 Å². The molecule has 4 nitrogen and oxygen atoms in total. The number of carbonyl (C=O) groups is 1. The summed E-state index contributed by atoms with van der Waals surface area (Å²) in [6, 6.07) is 7.11. The number of fused-ring (bicyclic) bond motifs is 1. The molecule has 1 aromatic carbocycles. The Morgan fingerprint density at radius 1 is 1.47 bits per heavy atom. The van der Waals surface area contributed by atoms with Gasteiger partial charge in [-0.2, -0.15) is 0 Å². The second-order valence-corrected chi connectivity index (χ2v) is 4.44. The second-order valence-electron chi connectivity index (χ2n) is 3.36. The summed E-state index contributed by atoms with van der Waals surface area (Å²) in [5.41, 5.74) is 0.733. The Hall–Kier alpha value is -1.37. The fourth-order valence-corrected chi connectivity index (χ4v) is 2.14. The summed E-state index contributed by atoms with van der Waals surface area (Å²) in [5, 5.41) is 10.6. The Morgan fingerprint density at radius 2 is 2.18 bits per heavy atom. The first-order valence-electron chi connectivity index (χ1n) is 5.09. The van der Waals surface area contributed by atoms with Gasteiger partial charge in [-0.15, -0.1) is 0 Å². The average molecular weight is 343 g/mol. The van der Waals surface area contributed by atoms with Gasteiger partial charge < -0.3 is 9.84 Å². The van der Waals surface area contributed by atoms with Crippen molar-refractivity contribution in [1.29, 1.82) is 0 Å². The van der Waals surface area contributed by atoms with Crippen LogP contribution >= 0.6 is 22.6 Å². The van der Waals surface area contributed by atoms with Crippen molar-refractivity contribution in [2.24, 2.45) is 0 Å². The molecule has 2 aromatic rings. The molecular formula is C12H10INO3. The maximum absolute atomic E-state index is 11.7. The molecule has 5 heteroatoms. The number of ether oxygens (including phenoxy) is 1. The molecule has 0 aliphatic rings. The summed E-state index contributed by atoms with van der Waals surface area (Å²) in [6.45, 7) is 2.01. The lowest BCUT2D eigenvalue weighted by Crippen LogP contribution is -2.09. The summed E-state index contributed by atoms with van der Waals surface area (Å²) in [6.07, 6.45) is 0. The van der Waals surface area contributed by atoms with E-state index in [0.29, 0.717) is 14.5 Å². The summed E-state index contributed by atoms with van der Waals surface area (Å²) < 4.78 is 5.31. The molecule has 1 N–H and O–H groups in total. The van der Waals surface area contributed by atoms with Crippen molar-refractivity contribution < 1.29 is 14.6 Å². The number of hydrogen-bond donors (Lipinski definition) is 1. The van der Waals surface area contributed by atoms with Crippen molar-refractivity contribution in [3.05, 3.63) is 33.5 Å². The fraction of sp³-hybridized carbons (Fsp3) is 0.167. The third-order valence-electron chi connectivity index (χ3n) is 2.28. The largest absolute Gasteiger partial charge is 0.506 e. The number of para-hydroxylation sites is 1. The molecule has 0 spiro atoms. The fourth-order valence-electron chi connectivity index (χ4n) is 1.51. The van der Waals surface area contributed by atoms with Crippen LogP contribution < -0.4 is 0 Å². The lowest BCUT2D eigenvalue weighted by atomic mass is 10.2. The molecule has 2 rings (SSSR count). The zero-order valence-electron chi connectivity index (χ0n) is 9.11. The predicted molar refractivity (Wildman–Crippen MR) is 72.1 cm³/mol. The smallest absolute Gasteiger partial charge is 0.358 e. The Morgan fingerprint density at radius 3 is 2.88 bits per heavy atom. The number of nitrogens with zero attached hydrogens (tertiary/aromatic N) is 1. The van der Waals surface area contributed by atoms with Crippen molar-refractivity contribution in [3.8, 4) is 5.75 Å². The minimum absolute atomic E-state index is 0.0688. The van der Waals surface area contributed by atoms with E-state index in [-0.39, 0.29) is 18.1 Å².